The molecule has 2 aromatic rings. The predicted octanol–water partition coefficient (Wildman–Crippen LogP) is 2.54. The molecule has 0 bridgehead atoms. The van der Waals surface area contributed by atoms with Gasteiger partial charge in [-0.25, -0.2) is 0 Å². The lowest BCUT2D eigenvalue weighted by molar-refractivity contribution is 0.153. The molecule has 2 nitrogen and oxygen atoms in total. The van der Waals surface area contributed by atoms with Crippen molar-refractivity contribution in [3.63, 3.8) is 0 Å². The molecule has 1 heterocycles. The highest BCUT2D eigenvalue weighted by Crippen LogP contribution is 2.34. The highest BCUT2D eigenvalue weighted by atomic mass is 16.3. The van der Waals surface area contributed by atoms with E-state index in [1.807, 2.05) is 6.07 Å². The van der Waals surface area contributed by atoms with Crippen LogP contribution in [0.5, 0.6) is 0 Å². The Hall–Kier alpha value is -1.28. The zero-order valence-corrected chi connectivity index (χ0v) is 7.96. The number of aromatic amines is 1. The highest BCUT2D eigenvalue weighted by Gasteiger charge is 2.21. The van der Waals surface area contributed by atoms with E-state index >= 15 is 0 Å². The average molecular weight is 187 g/mol. The van der Waals surface area contributed by atoms with E-state index in [4.69, 9.17) is 0 Å². The van der Waals surface area contributed by atoms with Gasteiger partial charge in [-0.1, -0.05) is 18.2 Å². The molecule has 0 fully saturated rings. The number of aromatic nitrogens is 1. The monoisotopic (exact) mass is 187 g/mol. The number of aliphatic hydroxyl groups is 1. The van der Waals surface area contributed by atoms with Gasteiger partial charge in [-0.2, -0.15) is 0 Å². The molecule has 1 atom stereocenters. The minimum Gasteiger partial charge on any atom is -0.387 e. The lowest BCUT2D eigenvalue weighted by Gasteiger charge is -2.17. The Morgan fingerprint density at radius 1 is 1.29 bits per heavy atom. The molecule has 72 valence electrons. The maximum absolute atomic E-state index is 9.83. The van der Waals surface area contributed by atoms with Crippen molar-refractivity contribution in [1.29, 1.82) is 0 Å². The molecule has 1 aromatic carbocycles. The fourth-order valence-corrected chi connectivity index (χ4v) is 2.39. The van der Waals surface area contributed by atoms with E-state index in [2.05, 4.69) is 23.2 Å². The van der Waals surface area contributed by atoms with Gasteiger partial charge in [0.15, 0.2) is 0 Å². The maximum Gasteiger partial charge on any atom is 0.0941 e. The van der Waals surface area contributed by atoms with Crippen LogP contribution in [-0.2, 0) is 6.42 Å². The van der Waals surface area contributed by atoms with E-state index in [0.29, 0.717) is 0 Å². The number of H-pyrrole nitrogens is 1. The largest absolute Gasteiger partial charge is 0.387 e. The van der Waals surface area contributed by atoms with Crippen molar-refractivity contribution < 1.29 is 5.11 Å². The van der Waals surface area contributed by atoms with Gasteiger partial charge in [0.2, 0.25) is 0 Å². The van der Waals surface area contributed by atoms with Gasteiger partial charge in [-0.15, -0.1) is 0 Å². The van der Waals surface area contributed by atoms with Gasteiger partial charge in [0.1, 0.15) is 0 Å². The van der Waals surface area contributed by atoms with Crippen molar-refractivity contribution in [3.8, 4) is 0 Å². The lowest BCUT2D eigenvalue weighted by atomic mass is 9.94. The average Bonchev–Trinajstić information content (AvgIpc) is 2.59. The maximum atomic E-state index is 9.83. The summed E-state index contributed by atoms with van der Waals surface area (Å²) in [6.45, 7) is 0. The van der Waals surface area contributed by atoms with Crippen LogP contribution in [0.15, 0.2) is 24.3 Å². The molecule has 0 aliphatic heterocycles. The third-order valence-electron chi connectivity index (χ3n) is 3.08. The number of fused-ring (bicyclic) bond motifs is 3. The Kier molecular flexibility index (Phi) is 1.64. The summed E-state index contributed by atoms with van der Waals surface area (Å²) in [5.41, 5.74) is 3.51. The lowest BCUT2D eigenvalue weighted by Crippen LogP contribution is -2.07. The van der Waals surface area contributed by atoms with Gasteiger partial charge in [0, 0.05) is 16.6 Å². The van der Waals surface area contributed by atoms with Gasteiger partial charge in [0.05, 0.1) is 6.10 Å². The van der Waals surface area contributed by atoms with Crippen molar-refractivity contribution in [1.82, 2.24) is 4.98 Å². The van der Waals surface area contributed by atoms with Gasteiger partial charge < -0.3 is 10.1 Å². The van der Waals surface area contributed by atoms with E-state index < -0.39 is 0 Å². The molecule has 1 aliphatic carbocycles. The smallest absolute Gasteiger partial charge is 0.0941 e. The first-order valence-corrected chi connectivity index (χ1v) is 5.14. The van der Waals surface area contributed by atoms with Crippen molar-refractivity contribution in [2.24, 2.45) is 0 Å². The quantitative estimate of drug-likeness (QED) is 0.653. The second-order valence-electron chi connectivity index (χ2n) is 3.97. The number of para-hydroxylation sites is 1. The Morgan fingerprint density at radius 3 is 3.07 bits per heavy atom. The summed E-state index contributed by atoms with van der Waals surface area (Å²) < 4.78 is 0. The Balaban J connectivity index is 2.32. The number of nitrogens with one attached hydrogen (secondary N) is 1. The van der Waals surface area contributed by atoms with Crippen LogP contribution < -0.4 is 0 Å². The third-order valence-corrected chi connectivity index (χ3v) is 3.08. The van der Waals surface area contributed by atoms with Gasteiger partial charge in [0.25, 0.3) is 0 Å². The van der Waals surface area contributed by atoms with Crippen LogP contribution in [0.4, 0.5) is 0 Å². The standard InChI is InChI=1S/C12H13NO/c14-11-7-3-5-9-8-4-1-2-6-10(8)13-12(9)11/h1-2,4,6,11,13-14H,3,5,7H2/t11-/m1/s1. The molecule has 0 radical (unpaired) electrons. The molecule has 0 saturated heterocycles. The van der Waals surface area contributed by atoms with Crippen molar-refractivity contribution >= 4 is 10.9 Å². The van der Waals surface area contributed by atoms with Crippen LogP contribution >= 0.6 is 0 Å². The molecule has 3 rings (SSSR count). The first kappa shape index (κ1) is 8.06. The molecular formula is C12H13NO. The van der Waals surface area contributed by atoms with Crippen LogP contribution in [0.1, 0.15) is 30.2 Å². The summed E-state index contributed by atoms with van der Waals surface area (Å²) in [6, 6.07) is 8.27. The highest BCUT2D eigenvalue weighted by molar-refractivity contribution is 5.84. The van der Waals surface area contributed by atoms with Crippen molar-refractivity contribution in [3.05, 3.63) is 35.5 Å². The summed E-state index contributed by atoms with van der Waals surface area (Å²) in [7, 11) is 0. The fraction of sp³-hybridized carbons (Fsp3) is 0.333. The molecule has 0 unspecified atom stereocenters. The SMILES string of the molecule is O[C@@H]1CCCc2c1[nH]c1ccccc21. The van der Waals surface area contributed by atoms with Crippen molar-refractivity contribution in [2.45, 2.75) is 25.4 Å². The first-order valence-electron chi connectivity index (χ1n) is 5.14. The van der Waals surface area contributed by atoms with E-state index in [1.54, 1.807) is 0 Å². The zero-order chi connectivity index (χ0) is 9.54. The molecule has 1 aliphatic rings. The van der Waals surface area contributed by atoms with Gasteiger partial charge in [-0.05, 0) is 30.9 Å². The second kappa shape index (κ2) is 2.85. The summed E-state index contributed by atoms with van der Waals surface area (Å²) in [5, 5.41) is 11.1. The third kappa shape index (κ3) is 1.01. The number of rotatable bonds is 0. The molecule has 1 aromatic heterocycles. The minimum absolute atomic E-state index is 0.286. The van der Waals surface area contributed by atoms with Crippen LogP contribution in [0.2, 0.25) is 0 Å². The zero-order valence-electron chi connectivity index (χ0n) is 7.96. The van der Waals surface area contributed by atoms with Crippen LogP contribution in [-0.4, -0.2) is 10.1 Å². The second-order valence-corrected chi connectivity index (χ2v) is 3.97. The molecule has 0 saturated carbocycles. The Labute approximate surface area is 82.6 Å². The van der Waals surface area contributed by atoms with Crippen LogP contribution in [0.3, 0.4) is 0 Å². The topological polar surface area (TPSA) is 36.0 Å². The van der Waals surface area contributed by atoms with E-state index in [9.17, 15) is 5.11 Å². The number of aliphatic hydroxyl groups excluding tert-OH is 1. The number of hydrogen-bond donors (Lipinski definition) is 2. The van der Waals surface area contributed by atoms with E-state index in [-0.39, 0.29) is 6.10 Å². The van der Waals surface area contributed by atoms with E-state index in [1.165, 1.54) is 10.9 Å². The van der Waals surface area contributed by atoms with Crippen molar-refractivity contribution in [2.75, 3.05) is 0 Å². The van der Waals surface area contributed by atoms with Crippen LogP contribution in [0, 0.1) is 0 Å². The molecule has 2 heteroatoms. The Morgan fingerprint density at radius 2 is 2.14 bits per heavy atom. The summed E-state index contributed by atoms with van der Waals surface area (Å²) in [4.78, 5) is 3.32. The van der Waals surface area contributed by atoms with E-state index in [0.717, 1.165) is 30.5 Å². The number of hydrogen-bond acceptors (Lipinski definition) is 1. The minimum atomic E-state index is -0.286. The molecule has 2 N–H and O–H groups in total. The normalized spacial score (nSPS) is 21.1. The first-order chi connectivity index (χ1) is 6.86. The van der Waals surface area contributed by atoms with Crippen LogP contribution in [0.25, 0.3) is 10.9 Å². The van der Waals surface area contributed by atoms with Gasteiger partial charge in [-0.3, -0.25) is 0 Å². The summed E-state index contributed by atoms with van der Waals surface area (Å²) in [5.74, 6) is 0. The molecule has 0 spiro atoms. The fourth-order valence-electron chi connectivity index (χ4n) is 2.39. The number of benzene rings is 1. The van der Waals surface area contributed by atoms with Gasteiger partial charge >= 0.3 is 0 Å². The number of aryl methyl sites for hydroxylation is 1. The predicted molar refractivity (Wildman–Crippen MR) is 56.2 cm³/mol. The molecule has 0 amide bonds. The molecular weight excluding hydrogens is 174 g/mol. The summed E-state index contributed by atoms with van der Waals surface area (Å²) in [6.07, 6.45) is 2.79. The molecule has 14 heavy (non-hydrogen) atoms. The summed E-state index contributed by atoms with van der Waals surface area (Å²) >= 11 is 0. The Bertz CT molecular complexity index is 472.